The van der Waals surface area contributed by atoms with Crippen molar-refractivity contribution in [2.75, 3.05) is 0 Å². The quantitative estimate of drug-likeness (QED) is 0.401. The molecule has 1 aliphatic carbocycles. The fourth-order valence-corrected chi connectivity index (χ4v) is 3.59. The molecule has 0 aliphatic heterocycles. The van der Waals surface area contributed by atoms with Crippen LogP contribution in [0.5, 0.6) is 0 Å². The van der Waals surface area contributed by atoms with Crippen LogP contribution in [0.2, 0.25) is 0 Å². The first-order valence-electron chi connectivity index (χ1n) is 9.47. The van der Waals surface area contributed by atoms with Gasteiger partial charge in [-0.15, -0.1) is 0 Å². The number of nitriles is 1. The minimum atomic E-state index is 0.764. The van der Waals surface area contributed by atoms with Gasteiger partial charge in [-0.2, -0.15) is 5.26 Å². The number of aryl methyl sites for hydroxylation is 1. The van der Waals surface area contributed by atoms with Crippen molar-refractivity contribution in [3.8, 4) is 6.07 Å². The van der Waals surface area contributed by atoms with E-state index >= 15 is 0 Å². The van der Waals surface area contributed by atoms with E-state index in [-0.39, 0.29) is 0 Å². The van der Waals surface area contributed by atoms with Crippen LogP contribution in [0.3, 0.4) is 0 Å². The highest BCUT2D eigenvalue weighted by molar-refractivity contribution is 5.31. The highest BCUT2D eigenvalue weighted by Gasteiger charge is 2.19. The van der Waals surface area contributed by atoms with Crippen LogP contribution >= 0.6 is 0 Å². The summed E-state index contributed by atoms with van der Waals surface area (Å²) < 4.78 is 0. The third kappa shape index (κ3) is 6.61. The normalized spacial score (nSPS) is 21.4. The highest BCUT2D eigenvalue weighted by atomic mass is 14.2. The van der Waals surface area contributed by atoms with Gasteiger partial charge in [-0.05, 0) is 80.9 Å². The second kappa shape index (κ2) is 10.3. The fraction of sp³-hybridized carbons (Fsp3) is 0.591. The summed E-state index contributed by atoms with van der Waals surface area (Å²) in [6.07, 6.45) is 18.2. The molecule has 1 aliphatic rings. The maximum atomic E-state index is 8.84. The van der Waals surface area contributed by atoms with E-state index in [2.05, 4.69) is 37.3 Å². The summed E-state index contributed by atoms with van der Waals surface area (Å²) in [4.78, 5) is 0. The van der Waals surface area contributed by atoms with Gasteiger partial charge in [0.05, 0.1) is 11.6 Å². The summed E-state index contributed by atoms with van der Waals surface area (Å²) in [6.45, 7) is 2.27. The lowest BCUT2D eigenvalue weighted by Crippen LogP contribution is -2.13. The molecule has 23 heavy (non-hydrogen) atoms. The number of unbranched alkanes of at least 4 members (excludes halogenated alkanes) is 3. The van der Waals surface area contributed by atoms with Crippen molar-refractivity contribution >= 4 is 0 Å². The fourth-order valence-electron chi connectivity index (χ4n) is 3.59. The average molecular weight is 309 g/mol. The highest BCUT2D eigenvalue weighted by Crippen LogP contribution is 2.32. The standard InChI is InChI=1S/C22H31N/c1-2-3-4-5-6-7-19-8-10-20(11-9-19)12-13-21-14-16-22(18-23)17-15-21/h6-7,14-17,19-20H,2-5,8-13H2,1H3/b7-6+. The molecule has 0 bridgehead atoms. The molecule has 0 aromatic heterocycles. The molecule has 124 valence electrons. The van der Waals surface area contributed by atoms with E-state index in [1.165, 1.54) is 63.4 Å². The van der Waals surface area contributed by atoms with E-state index in [0.29, 0.717) is 0 Å². The summed E-state index contributed by atoms with van der Waals surface area (Å²) in [5.41, 5.74) is 2.14. The van der Waals surface area contributed by atoms with E-state index in [0.717, 1.165) is 23.8 Å². The number of nitrogens with zero attached hydrogens (tertiary/aromatic N) is 1. The van der Waals surface area contributed by atoms with Crippen LogP contribution in [0.4, 0.5) is 0 Å². The molecule has 1 aromatic rings. The topological polar surface area (TPSA) is 23.8 Å². The molecular formula is C22H31N. The average Bonchev–Trinajstić information content (AvgIpc) is 2.61. The molecule has 1 nitrogen and oxygen atoms in total. The molecule has 0 radical (unpaired) electrons. The summed E-state index contributed by atoms with van der Waals surface area (Å²) >= 11 is 0. The Hall–Kier alpha value is -1.55. The van der Waals surface area contributed by atoms with Crippen LogP contribution in [-0.4, -0.2) is 0 Å². The summed E-state index contributed by atoms with van der Waals surface area (Å²) in [5, 5.41) is 8.84. The molecular weight excluding hydrogens is 278 g/mol. The predicted octanol–water partition coefficient (Wildman–Crippen LogP) is 6.43. The molecule has 0 heterocycles. The van der Waals surface area contributed by atoms with E-state index in [9.17, 15) is 0 Å². The first-order valence-corrected chi connectivity index (χ1v) is 9.47. The zero-order chi connectivity index (χ0) is 16.3. The molecule has 1 saturated carbocycles. The Morgan fingerprint density at radius 2 is 1.83 bits per heavy atom. The van der Waals surface area contributed by atoms with E-state index < -0.39 is 0 Å². The predicted molar refractivity (Wildman–Crippen MR) is 98.2 cm³/mol. The summed E-state index contributed by atoms with van der Waals surface area (Å²) in [6, 6.07) is 10.3. The van der Waals surface area contributed by atoms with E-state index in [1.54, 1.807) is 0 Å². The molecule has 0 atom stereocenters. The van der Waals surface area contributed by atoms with Crippen molar-refractivity contribution in [3.63, 3.8) is 0 Å². The number of allylic oxidation sites excluding steroid dienone is 2. The van der Waals surface area contributed by atoms with Crippen molar-refractivity contribution in [1.82, 2.24) is 0 Å². The van der Waals surface area contributed by atoms with Gasteiger partial charge in [0.1, 0.15) is 0 Å². The molecule has 0 N–H and O–H groups in total. The Balaban J connectivity index is 1.63. The molecule has 1 aromatic carbocycles. The molecule has 2 rings (SSSR count). The van der Waals surface area contributed by atoms with Gasteiger partial charge in [0.25, 0.3) is 0 Å². The number of benzene rings is 1. The van der Waals surface area contributed by atoms with Crippen molar-refractivity contribution < 1.29 is 0 Å². The Morgan fingerprint density at radius 1 is 1.09 bits per heavy atom. The van der Waals surface area contributed by atoms with E-state index in [4.69, 9.17) is 5.26 Å². The molecule has 1 heteroatoms. The lowest BCUT2D eigenvalue weighted by Gasteiger charge is -2.26. The minimum Gasteiger partial charge on any atom is -0.192 e. The number of hydrogen-bond acceptors (Lipinski definition) is 1. The largest absolute Gasteiger partial charge is 0.192 e. The molecule has 0 spiro atoms. The maximum Gasteiger partial charge on any atom is 0.0991 e. The van der Waals surface area contributed by atoms with Crippen molar-refractivity contribution in [2.24, 2.45) is 11.8 Å². The van der Waals surface area contributed by atoms with Gasteiger partial charge in [-0.1, -0.05) is 44.1 Å². The second-order valence-electron chi connectivity index (χ2n) is 7.05. The molecule has 0 unspecified atom stereocenters. The Labute approximate surface area is 142 Å². The molecule has 1 fully saturated rings. The maximum absolute atomic E-state index is 8.84. The van der Waals surface area contributed by atoms with Gasteiger partial charge in [0.15, 0.2) is 0 Å². The van der Waals surface area contributed by atoms with Crippen LogP contribution in [0.25, 0.3) is 0 Å². The van der Waals surface area contributed by atoms with Crippen molar-refractivity contribution in [3.05, 3.63) is 47.5 Å². The van der Waals surface area contributed by atoms with Crippen LogP contribution in [0.1, 0.15) is 75.8 Å². The zero-order valence-electron chi connectivity index (χ0n) is 14.6. The van der Waals surface area contributed by atoms with Gasteiger partial charge in [-0.3, -0.25) is 0 Å². The number of hydrogen-bond donors (Lipinski definition) is 0. The third-order valence-electron chi connectivity index (χ3n) is 5.20. The van der Waals surface area contributed by atoms with Gasteiger partial charge in [0, 0.05) is 0 Å². The second-order valence-corrected chi connectivity index (χ2v) is 7.05. The van der Waals surface area contributed by atoms with Crippen molar-refractivity contribution in [1.29, 1.82) is 5.26 Å². The zero-order valence-corrected chi connectivity index (χ0v) is 14.6. The van der Waals surface area contributed by atoms with Gasteiger partial charge >= 0.3 is 0 Å². The third-order valence-corrected chi connectivity index (χ3v) is 5.20. The Kier molecular flexibility index (Phi) is 7.95. The first-order chi connectivity index (χ1) is 11.3. The Bertz CT molecular complexity index is 498. The monoisotopic (exact) mass is 309 g/mol. The summed E-state index contributed by atoms with van der Waals surface area (Å²) in [5.74, 6) is 1.73. The lowest BCUT2D eigenvalue weighted by atomic mass is 9.79. The van der Waals surface area contributed by atoms with Gasteiger partial charge in [-0.25, -0.2) is 0 Å². The van der Waals surface area contributed by atoms with Crippen LogP contribution in [-0.2, 0) is 6.42 Å². The first kappa shape index (κ1) is 17.8. The summed E-state index contributed by atoms with van der Waals surface area (Å²) in [7, 11) is 0. The lowest BCUT2D eigenvalue weighted by molar-refractivity contribution is 0.296. The number of rotatable bonds is 8. The van der Waals surface area contributed by atoms with Crippen LogP contribution < -0.4 is 0 Å². The SMILES string of the molecule is CCCCC/C=C/C1CCC(CCc2ccc(C#N)cc2)CC1. The van der Waals surface area contributed by atoms with Crippen LogP contribution in [0.15, 0.2) is 36.4 Å². The minimum absolute atomic E-state index is 0.764. The Morgan fingerprint density at radius 3 is 2.48 bits per heavy atom. The van der Waals surface area contributed by atoms with E-state index in [1.807, 2.05) is 12.1 Å². The molecule has 0 saturated heterocycles. The van der Waals surface area contributed by atoms with Gasteiger partial charge in [0.2, 0.25) is 0 Å². The van der Waals surface area contributed by atoms with Crippen molar-refractivity contribution in [2.45, 2.75) is 71.1 Å². The smallest absolute Gasteiger partial charge is 0.0991 e. The van der Waals surface area contributed by atoms with Gasteiger partial charge < -0.3 is 0 Å². The van der Waals surface area contributed by atoms with Crippen LogP contribution in [0, 0.1) is 23.2 Å². The molecule has 0 amide bonds.